The first kappa shape index (κ1) is 14.2. The molecule has 0 saturated carbocycles. The van der Waals surface area contributed by atoms with Crippen LogP contribution in [0.1, 0.15) is 27.2 Å². The second-order valence-corrected chi connectivity index (χ2v) is 4.02. The first-order chi connectivity index (χ1) is 7.07. The molecule has 0 aliphatic rings. The van der Waals surface area contributed by atoms with Crippen LogP contribution >= 0.6 is 0 Å². The average Bonchev–Trinajstić information content (AvgIpc) is 2.21. The third-order valence-corrected chi connectivity index (χ3v) is 1.93. The van der Waals surface area contributed by atoms with E-state index in [2.05, 4.69) is 24.3 Å². The average molecular weight is 217 g/mol. The van der Waals surface area contributed by atoms with Crippen LogP contribution in [-0.2, 0) is 4.74 Å². The summed E-state index contributed by atoms with van der Waals surface area (Å²) in [5, 5.41) is 14.5. The largest absolute Gasteiger partial charge is 0.409 e. The summed E-state index contributed by atoms with van der Waals surface area (Å²) in [6.07, 6.45) is 0.926. The molecular weight excluding hydrogens is 194 g/mol. The molecule has 0 saturated heterocycles. The lowest BCUT2D eigenvalue weighted by atomic mass is 10.2. The van der Waals surface area contributed by atoms with Crippen LogP contribution < -0.4 is 11.1 Å². The quantitative estimate of drug-likeness (QED) is 0.184. The van der Waals surface area contributed by atoms with Gasteiger partial charge in [0.1, 0.15) is 0 Å². The molecule has 15 heavy (non-hydrogen) atoms. The summed E-state index contributed by atoms with van der Waals surface area (Å²) in [5.74, 6) is 0.784. The predicted molar refractivity (Wildman–Crippen MR) is 61.1 cm³/mol. The van der Waals surface area contributed by atoms with Crippen molar-refractivity contribution in [2.45, 2.75) is 33.2 Å². The third kappa shape index (κ3) is 8.20. The van der Waals surface area contributed by atoms with Crippen molar-refractivity contribution >= 4 is 5.84 Å². The van der Waals surface area contributed by atoms with E-state index < -0.39 is 0 Å². The van der Waals surface area contributed by atoms with Crippen LogP contribution in [0.2, 0.25) is 0 Å². The zero-order valence-electron chi connectivity index (χ0n) is 9.86. The Hall–Kier alpha value is -0.810. The number of nitrogens with one attached hydrogen (secondary N) is 1. The molecule has 1 unspecified atom stereocenters. The molecule has 5 heteroatoms. The number of ether oxygens (including phenoxy) is 1. The lowest BCUT2D eigenvalue weighted by molar-refractivity contribution is 0.108. The topological polar surface area (TPSA) is 79.9 Å². The van der Waals surface area contributed by atoms with E-state index in [1.165, 1.54) is 0 Å². The molecule has 90 valence electrons. The second kappa shape index (κ2) is 8.49. The summed E-state index contributed by atoms with van der Waals surface area (Å²) in [4.78, 5) is 0. The minimum Gasteiger partial charge on any atom is -0.409 e. The summed E-state index contributed by atoms with van der Waals surface area (Å²) in [7, 11) is 0. The fourth-order valence-electron chi connectivity index (χ4n) is 1.00. The summed E-state index contributed by atoms with van der Waals surface area (Å²) >= 11 is 0. The number of hydrogen-bond acceptors (Lipinski definition) is 4. The Labute approximate surface area is 91.7 Å². The highest BCUT2D eigenvalue weighted by Crippen LogP contribution is 1.93. The molecule has 0 aromatic carbocycles. The number of rotatable bonds is 8. The van der Waals surface area contributed by atoms with Crippen molar-refractivity contribution < 1.29 is 9.94 Å². The highest BCUT2D eigenvalue weighted by Gasteiger charge is 2.05. The van der Waals surface area contributed by atoms with Crippen molar-refractivity contribution in [2.24, 2.45) is 16.8 Å². The predicted octanol–water partition coefficient (Wildman–Crippen LogP) is 0.774. The minimum absolute atomic E-state index is 0.0971. The lowest BCUT2D eigenvalue weighted by Crippen LogP contribution is -2.39. The number of nitrogens with zero attached hydrogens (tertiary/aromatic N) is 1. The molecule has 0 aliphatic heterocycles. The van der Waals surface area contributed by atoms with E-state index in [1.807, 2.05) is 6.92 Å². The first-order valence-corrected chi connectivity index (χ1v) is 5.36. The normalized spacial score (nSPS) is 14.5. The maximum absolute atomic E-state index is 8.41. The Morgan fingerprint density at radius 2 is 2.13 bits per heavy atom. The van der Waals surface area contributed by atoms with Gasteiger partial charge in [-0.05, 0) is 25.8 Å². The van der Waals surface area contributed by atoms with E-state index in [9.17, 15) is 0 Å². The van der Waals surface area contributed by atoms with Gasteiger partial charge in [0, 0.05) is 13.2 Å². The molecule has 4 N–H and O–H groups in total. The Morgan fingerprint density at radius 1 is 1.47 bits per heavy atom. The smallest absolute Gasteiger partial charge is 0.156 e. The Bertz CT molecular complexity index is 184. The molecule has 0 rings (SSSR count). The van der Waals surface area contributed by atoms with Gasteiger partial charge in [-0.15, -0.1) is 0 Å². The minimum atomic E-state index is -0.0971. The van der Waals surface area contributed by atoms with Crippen LogP contribution in [0.4, 0.5) is 0 Å². The fraction of sp³-hybridized carbons (Fsp3) is 0.900. The summed E-state index contributed by atoms with van der Waals surface area (Å²) in [5.41, 5.74) is 5.40. The maximum Gasteiger partial charge on any atom is 0.156 e. The Morgan fingerprint density at radius 3 is 2.67 bits per heavy atom. The van der Waals surface area contributed by atoms with E-state index in [1.54, 1.807) is 0 Å². The zero-order valence-corrected chi connectivity index (χ0v) is 9.86. The molecule has 0 bridgehead atoms. The zero-order chi connectivity index (χ0) is 11.7. The van der Waals surface area contributed by atoms with Gasteiger partial charge in [-0.3, -0.25) is 0 Å². The van der Waals surface area contributed by atoms with Gasteiger partial charge in [-0.25, -0.2) is 0 Å². The van der Waals surface area contributed by atoms with Gasteiger partial charge in [0.25, 0.3) is 0 Å². The van der Waals surface area contributed by atoms with Crippen LogP contribution in [-0.4, -0.2) is 36.8 Å². The van der Waals surface area contributed by atoms with Gasteiger partial charge in [0.2, 0.25) is 0 Å². The van der Waals surface area contributed by atoms with Gasteiger partial charge < -0.3 is 21.0 Å². The van der Waals surface area contributed by atoms with Gasteiger partial charge in [0.15, 0.2) is 5.84 Å². The third-order valence-electron chi connectivity index (χ3n) is 1.93. The fourth-order valence-corrected chi connectivity index (χ4v) is 1.00. The highest BCUT2D eigenvalue weighted by atomic mass is 16.5. The first-order valence-electron chi connectivity index (χ1n) is 5.36. The van der Waals surface area contributed by atoms with Gasteiger partial charge in [-0.1, -0.05) is 19.0 Å². The molecule has 0 amide bonds. The Balaban J connectivity index is 3.31. The van der Waals surface area contributed by atoms with Crippen LogP contribution in [0.25, 0.3) is 0 Å². The van der Waals surface area contributed by atoms with Crippen molar-refractivity contribution in [2.75, 3.05) is 19.8 Å². The van der Waals surface area contributed by atoms with Gasteiger partial charge in [0.05, 0.1) is 6.04 Å². The van der Waals surface area contributed by atoms with Crippen molar-refractivity contribution in [1.82, 2.24) is 5.32 Å². The maximum atomic E-state index is 8.41. The van der Waals surface area contributed by atoms with Gasteiger partial charge >= 0.3 is 0 Å². The SMILES string of the molecule is CC(C)COCCCNC(C)C(N)=NO. The number of hydrogen-bond donors (Lipinski definition) is 3. The standard InChI is InChI=1S/C10H23N3O2/c1-8(2)7-15-6-4-5-12-9(3)10(11)13-14/h8-9,12,14H,4-7H2,1-3H3,(H2,11,13). The summed E-state index contributed by atoms with van der Waals surface area (Å²) in [6, 6.07) is -0.0971. The summed E-state index contributed by atoms with van der Waals surface area (Å²) < 4.78 is 5.41. The molecule has 0 radical (unpaired) electrons. The molecule has 5 nitrogen and oxygen atoms in total. The molecule has 0 aromatic rings. The second-order valence-electron chi connectivity index (χ2n) is 4.02. The number of nitrogens with two attached hydrogens (primary N) is 1. The monoisotopic (exact) mass is 217 g/mol. The van der Waals surface area contributed by atoms with E-state index in [0.29, 0.717) is 5.92 Å². The number of amidine groups is 1. The van der Waals surface area contributed by atoms with Crippen molar-refractivity contribution in [3.8, 4) is 0 Å². The molecule has 0 aliphatic carbocycles. The molecule has 0 fully saturated rings. The van der Waals surface area contributed by atoms with Crippen molar-refractivity contribution in [1.29, 1.82) is 0 Å². The molecule has 0 heterocycles. The molecule has 1 atom stereocenters. The molecule has 0 spiro atoms. The van der Waals surface area contributed by atoms with Crippen LogP contribution in [0.15, 0.2) is 5.16 Å². The van der Waals surface area contributed by atoms with E-state index in [0.717, 1.165) is 26.2 Å². The van der Waals surface area contributed by atoms with E-state index in [4.69, 9.17) is 15.7 Å². The summed E-state index contributed by atoms with van der Waals surface area (Å²) in [6.45, 7) is 8.45. The van der Waals surface area contributed by atoms with Crippen molar-refractivity contribution in [3.05, 3.63) is 0 Å². The van der Waals surface area contributed by atoms with E-state index in [-0.39, 0.29) is 11.9 Å². The van der Waals surface area contributed by atoms with E-state index >= 15 is 0 Å². The van der Waals surface area contributed by atoms with Crippen molar-refractivity contribution in [3.63, 3.8) is 0 Å². The Kier molecular flexibility index (Phi) is 8.04. The van der Waals surface area contributed by atoms with Gasteiger partial charge in [-0.2, -0.15) is 0 Å². The van der Waals surface area contributed by atoms with Crippen LogP contribution in [0, 0.1) is 5.92 Å². The highest BCUT2D eigenvalue weighted by molar-refractivity contribution is 5.84. The number of oxime groups is 1. The lowest BCUT2D eigenvalue weighted by Gasteiger charge is -2.12. The van der Waals surface area contributed by atoms with Crippen LogP contribution in [0.3, 0.4) is 0 Å². The molecule has 0 aromatic heterocycles. The van der Waals surface area contributed by atoms with Crippen LogP contribution in [0.5, 0.6) is 0 Å². The molecular formula is C10H23N3O2.